The lowest BCUT2D eigenvalue weighted by Crippen LogP contribution is -2.44. The minimum Gasteiger partial charge on any atom is -0.369 e. The number of amides is 3. The number of aryl methyl sites for hydroxylation is 2. The van der Waals surface area contributed by atoms with Gasteiger partial charge < -0.3 is 15.5 Å². The number of piperidine rings is 1. The molecule has 2 saturated heterocycles. The van der Waals surface area contributed by atoms with Crippen LogP contribution >= 0.6 is 0 Å². The van der Waals surface area contributed by atoms with Gasteiger partial charge in [0.15, 0.2) is 0 Å². The predicted octanol–water partition coefficient (Wildman–Crippen LogP) is 1.25. The van der Waals surface area contributed by atoms with E-state index in [2.05, 4.69) is 12.1 Å². The van der Waals surface area contributed by atoms with E-state index in [1.54, 1.807) is 9.80 Å². The Hall–Kier alpha value is -2.37. The zero-order chi connectivity index (χ0) is 18.3. The molecule has 2 aliphatic heterocycles. The van der Waals surface area contributed by atoms with Crippen molar-refractivity contribution in [2.75, 3.05) is 24.5 Å². The molecule has 1 aromatic rings. The minimum atomic E-state index is -0.291. The fraction of sp³-hybridized carbons (Fsp3) is 0.550. The first-order chi connectivity index (χ1) is 12.5. The molecule has 6 nitrogen and oxygen atoms in total. The number of fused-ring (bicyclic) bond motifs is 1. The molecule has 1 atom stereocenters. The van der Waals surface area contributed by atoms with Gasteiger partial charge in [-0.25, -0.2) is 0 Å². The quantitative estimate of drug-likeness (QED) is 0.886. The molecule has 2 fully saturated rings. The van der Waals surface area contributed by atoms with E-state index in [1.165, 1.54) is 17.5 Å². The van der Waals surface area contributed by atoms with Gasteiger partial charge in [0.2, 0.25) is 17.7 Å². The van der Waals surface area contributed by atoms with Crippen LogP contribution in [-0.2, 0) is 27.2 Å². The Bertz CT molecular complexity index is 753. The Morgan fingerprint density at radius 3 is 2.50 bits per heavy atom. The van der Waals surface area contributed by atoms with E-state index in [4.69, 9.17) is 5.73 Å². The molecular weight excluding hydrogens is 330 g/mol. The van der Waals surface area contributed by atoms with Crippen molar-refractivity contribution >= 4 is 23.4 Å². The summed E-state index contributed by atoms with van der Waals surface area (Å²) in [6.45, 7) is 1.55. The van der Waals surface area contributed by atoms with Crippen molar-refractivity contribution in [3.8, 4) is 0 Å². The number of primary amides is 1. The van der Waals surface area contributed by atoms with Crippen LogP contribution in [0.3, 0.4) is 0 Å². The molecule has 3 amide bonds. The van der Waals surface area contributed by atoms with Crippen molar-refractivity contribution < 1.29 is 14.4 Å². The van der Waals surface area contributed by atoms with Crippen molar-refractivity contribution in [2.45, 2.75) is 38.5 Å². The fourth-order valence-corrected chi connectivity index (χ4v) is 4.49. The summed E-state index contributed by atoms with van der Waals surface area (Å²) in [7, 11) is 0. The van der Waals surface area contributed by atoms with Crippen molar-refractivity contribution in [3.05, 3.63) is 29.3 Å². The van der Waals surface area contributed by atoms with Gasteiger partial charge in [-0.2, -0.15) is 0 Å². The number of carbonyl (C=O) groups excluding carboxylic acids is 3. The Morgan fingerprint density at radius 2 is 1.77 bits per heavy atom. The summed E-state index contributed by atoms with van der Waals surface area (Å²) >= 11 is 0. The van der Waals surface area contributed by atoms with Crippen LogP contribution in [0.2, 0.25) is 0 Å². The fourth-order valence-electron chi connectivity index (χ4n) is 4.49. The normalized spacial score (nSPS) is 23.4. The smallest absolute Gasteiger partial charge is 0.228 e. The molecule has 26 heavy (non-hydrogen) atoms. The number of hydrogen-bond acceptors (Lipinski definition) is 3. The summed E-state index contributed by atoms with van der Waals surface area (Å²) in [6, 6.07) is 6.24. The monoisotopic (exact) mass is 355 g/mol. The highest BCUT2D eigenvalue weighted by atomic mass is 16.2. The van der Waals surface area contributed by atoms with Crippen molar-refractivity contribution in [3.63, 3.8) is 0 Å². The Kier molecular flexibility index (Phi) is 4.42. The molecule has 2 heterocycles. The van der Waals surface area contributed by atoms with E-state index >= 15 is 0 Å². The Labute approximate surface area is 153 Å². The summed E-state index contributed by atoms with van der Waals surface area (Å²) in [5, 5.41) is 0. The highest BCUT2D eigenvalue weighted by Crippen LogP contribution is 2.31. The van der Waals surface area contributed by atoms with Crippen molar-refractivity contribution in [1.29, 1.82) is 0 Å². The van der Waals surface area contributed by atoms with E-state index in [0.29, 0.717) is 32.5 Å². The van der Waals surface area contributed by atoms with Gasteiger partial charge in [0, 0.05) is 37.7 Å². The van der Waals surface area contributed by atoms with Gasteiger partial charge in [-0.1, -0.05) is 6.07 Å². The van der Waals surface area contributed by atoms with Crippen LogP contribution in [0.5, 0.6) is 0 Å². The van der Waals surface area contributed by atoms with E-state index in [1.807, 2.05) is 6.07 Å². The van der Waals surface area contributed by atoms with Crippen LogP contribution in [0.4, 0.5) is 5.69 Å². The molecule has 138 valence electrons. The van der Waals surface area contributed by atoms with Gasteiger partial charge >= 0.3 is 0 Å². The summed E-state index contributed by atoms with van der Waals surface area (Å²) in [6.07, 6.45) is 4.88. The van der Waals surface area contributed by atoms with E-state index in [-0.39, 0.29) is 36.0 Å². The third kappa shape index (κ3) is 3.08. The van der Waals surface area contributed by atoms with Gasteiger partial charge in [-0.05, 0) is 55.4 Å². The highest BCUT2D eigenvalue weighted by molar-refractivity contribution is 6.00. The average molecular weight is 355 g/mol. The lowest BCUT2D eigenvalue weighted by molar-refractivity contribution is -0.138. The maximum Gasteiger partial charge on any atom is 0.228 e. The number of likely N-dealkylation sites (tertiary alicyclic amines) is 1. The predicted molar refractivity (Wildman–Crippen MR) is 97.4 cm³/mol. The zero-order valence-electron chi connectivity index (χ0n) is 14.9. The number of anilines is 1. The number of hydrogen-bond donors (Lipinski definition) is 1. The molecule has 0 spiro atoms. The number of nitrogens with two attached hydrogens (primary N) is 1. The van der Waals surface area contributed by atoms with Crippen LogP contribution in [0.15, 0.2) is 18.2 Å². The van der Waals surface area contributed by atoms with Crippen LogP contribution in [0.1, 0.15) is 36.8 Å². The van der Waals surface area contributed by atoms with Crippen LogP contribution in [-0.4, -0.2) is 42.3 Å². The molecule has 6 heteroatoms. The molecule has 2 N–H and O–H groups in total. The standard InChI is InChI=1S/C20H25N3O3/c21-19(25)14-6-8-22(9-7-14)20(26)16-11-18(24)23(12-16)17-5-4-13-2-1-3-15(13)10-17/h4-5,10,14,16H,1-3,6-9,11-12H2,(H2,21,25)/t16-/m1/s1. The van der Waals surface area contributed by atoms with Crippen LogP contribution in [0.25, 0.3) is 0 Å². The molecular formula is C20H25N3O3. The van der Waals surface area contributed by atoms with Crippen molar-refractivity contribution in [1.82, 2.24) is 4.90 Å². The average Bonchev–Trinajstić information content (AvgIpc) is 3.26. The SMILES string of the molecule is NC(=O)C1CCN(C(=O)[C@@H]2CC(=O)N(c3ccc4c(c3)CCC4)C2)CC1. The van der Waals surface area contributed by atoms with Crippen molar-refractivity contribution in [2.24, 2.45) is 17.6 Å². The van der Waals surface area contributed by atoms with Gasteiger partial charge in [-0.3, -0.25) is 14.4 Å². The maximum absolute atomic E-state index is 12.8. The number of nitrogens with zero attached hydrogens (tertiary/aromatic N) is 2. The minimum absolute atomic E-state index is 0.0216. The van der Waals surface area contributed by atoms with Gasteiger partial charge in [-0.15, -0.1) is 0 Å². The van der Waals surface area contributed by atoms with E-state index in [9.17, 15) is 14.4 Å². The maximum atomic E-state index is 12.8. The lowest BCUT2D eigenvalue weighted by Gasteiger charge is -2.32. The number of rotatable bonds is 3. The molecule has 1 aromatic carbocycles. The number of benzene rings is 1. The third-order valence-electron chi connectivity index (χ3n) is 6.08. The largest absolute Gasteiger partial charge is 0.369 e. The summed E-state index contributed by atoms with van der Waals surface area (Å²) in [4.78, 5) is 40.2. The second-order valence-electron chi connectivity index (χ2n) is 7.71. The number of carbonyl (C=O) groups is 3. The third-order valence-corrected chi connectivity index (χ3v) is 6.08. The first kappa shape index (κ1) is 17.1. The first-order valence-corrected chi connectivity index (χ1v) is 9.53. The molecule has 0 aromatic heterocycles. The Balaban J connectivity index is 1.41. The van der Waals surface area contributed by atoms with Gasteiger partial charge in [0.25, 0.3) is 0 Å². The van der Waals surface area contributed by atoms with Crippen LogP contribution < -0.4 is 10.6 Å². The second kappa shape index (κ2) is 6.74. The molecule has 0 unspecified atom stereocenters. The summed E-state index contributed by atoms with van der Waals surface area (Å²) < 4.78 is 0. The summed E-state index contributed by atoms with van der Waals surface area (Å²) in [5.74, 6) is -0.651. The molecule has 0 saturated carbocycles. The highest BCUT2D eigenvalue weighted by Gasteiger charge is 2.38. The molecule has 1 aliphatic carbocycles. The first-order valence-electron chi connectivity index (χ1n) is 9.53. The molecule has 0 radical (unpaired) electrons. The van der Waals surface area contributed by atoms with E-state index < -0.39 is 0 Å². The van der Waals surface area contributed by atoms with E-state index in [0.717, 1.165) is 18.5 Å². The lowest BCUT2D eigenvalue weighted by atomic mass is 9.95. The summed E-state index contributed by atoms with van der Waals surface area (Å²) in [5.41, 5.74) is 8.98. The molecule has 3 aliphatic rings. The molecule has 0 bridgehead atoms. The van der Waals surface area contributed by atoms with Gasteiger partial charge in [0.1, 0.15) is 0 Å². The second-order valence-corrected chi connectivity index (χ2v) is 7.71. The zero-order valence-corrected chi connectivity index (χ0v) is 14.9. The molecule has 4 rings (SSSR count). The topological polar surface area (TPSA) is 83.7 Å². The Morgan fingerprint density at radius 1 is 1.04 bits per heavy atom. The van der Waals surface area contributed by atoms with Gasteiger partial charge in [0.05, 0.1) is 5.92 Å². The van der Waals surface area contributed by atoms with Crippen LogP contribution in [0, 0.1) is 11.8 Å².